The minimum Gasteiger partial charge on any atom is -0.381 e. The molecule has 2 saturated heterocycles. The molecule has 3 aromatic rings. The van der Waals surface area contributed by atoms with E-state index in [4.69, 9.17) is 5.73 Å². The average molecular weight is 535 g/mol. The Bertz CT molecular complexity index is 1450. The van der Waals surface area contributed by atoms with E-state index >= 15 is 0 Å². The molecule has 0 amide bonds. The van der Waals surface area contributed by atoms with Gasteiger partial charge in [-0.3, -0.25) is 4.79 Å². The Balaban J connectivity index is 0.000000231. The number of para-hydroxylation sites is 2. The number of hydrogen-bond donors (Lipinski definition) is 2. The first-order valence-corrected chi connectivity index (χ1v) is 14.7. The Hall–Kier alpha value is -3.07. The Morgan fingerprint density at radius 1 is 0.949 bits per heavy atom. The van der Waals surface area contributed by atoms with Crippen LogP contribution in [0.3, 0.4) is 0 Å². The number of hydrogen-bond acceptors (Lipinski definition) is 6. The lowest BCUT2D eigenvalue weighted by Crippen LogP contribution is -2.50. The number of rotatable bonds is 2. The molecule has 2 saturated carbocycles. The summed E-state index contributed by atoms with van der Waals surface area (Å²) in [4.78, 5) is 33.7. The van der Waals surface area contributed by atoms with E-state index in [0.717, 1.165) is 54.2 Å². The molecular weight excluding hydrogens is 495 g/mol. The van der Waals surface area contributed by atoms with Gasteiger partial charge in [0.15, 0.2) is 11.6 Å². The smallest absolute Gasteiger partial charge is 0.355 e. The quantitative estimate of drug-likeness (QED) is 0.492. The summed E-state index contributed by atoms with van der Waals surface area (Å²) < 4.78 is 16.6. The molecule has 2 aromatic heterocycles. The highest BCUT2D eigenvalue weighted by Crippen LogP contribution is 2.42. The molecule has 0 radical (unpaired) electrons. The molecule has 7 rings (SSSR count). The summed E-state index contributed by atoms with van der Waals surface area (Å²) in [5, 5.41) is 3.63. The number of halogens is 1. The number of benzene rings is 1. The predicted molar refractivity (Wildman–Crippen MR) is 150 cm³/mol. The normalized spacial score (nSPS) is 29.9. The van der Waals surface area contributed by atoms with E-state index in [9.17, 15) is 14.0 Å². The van der Waals surface area contributed by atoms with Gasteiger partial charge < -0.3 is 15.6 Å². The summed E-state index contributed by atoms with van der Waals surface area (Å²) in [6.07, 6.45) is 15.1. The van der Waals surface area contributed by atoms with Gasteiger partial charge in [-0.1, -0.05) is 57.6 Å². The molecule has 2 aliphatic carbocycles. The van der Waals surface area contributed by atoms with Crippen LogP contribution in [-0.2, 0) is 0 Å². The maximum absolute atomic E-state index is 14.0. The SMILES string of the molecule is CC1CC[C@@H]2CCCC1C2.Nc1nc(=O)n(-c2nc3ccccc3n(C3C[C@H]4CCC[C@@H](C3)N4)c2=O)cc1F. The zero-order valence-corrected chi connectivity index (χ0v) is 22.7. The molecule has 0 spiro atoms. The van der Waals surface area contributed by atoms with Crippen LogP contribution in [0.4, 0.5) is 10.2 Å². The van der Waals surface area contributed by atoms with Crippen molar-refractivity contribution in [3.05, 3.63) is 57.1 Å². The van der Waals surface area contributed by atoms with Crippen LogP contribution < -0.4 is 22.3 Å². The van der Waals surface area contributed by atoms with Crippen molar-refractivity contribution in [3.63, 3.8) is 0 Å². The van der Waals surface area contributed by atoms with Crippen LogP contribution in [0.15, 0.2) is 40.1 Å². The third-order valence-corrected chi connectivity index (χ3v) is 9.63. The van der Waals surface area contributed by atoms with Crippen LogP contribution in [0.2, 0.25) is 0 Å². The van der Waals surface area contributed by atoms with Gasteiger partial charge in [-0.15, -0.1) is 0 Å². The molecule has 4 heterocycles. The second kappa shape index (κ2) is 10.8. The molecule has 39 heavy (non-hydrogen) atoms. The van der Waals surface area contributed by atoms with Crippen molar-refractivity contribution in [2.75, 3.05) is 5.73 Å². The Labute approximate surface area is 227 Å². The Kier molecular flexibility index (Phi) is 7.27. The lowest BCUT2D eigenvalue weighted by molar-refractivity contribution is 0.133. The second-order valence-electron chi connectivity index (χ2n) is 12.2. The van der Waals surface area contributed by atoms with E-state index in [0.29, 0.717) is 23.1 Å². The van der Waals surface area contributed by atoms with Crippen molar-refractivity contribution in [1.82, 2.24) is 24.4 Å². The number of nitrogens with zero attached hydrogens (tertiary/aromatic N) is 4. The maximum atomic E-state index is 14.0. The standard InChI is InChI=1S/C20H21FN6O2.C10H18/c21-14-10-26(20(29)25-17(14)22)18-19(28)27(16-7-2-1-6-15(16)24-18)13-8-11-4-3-5-12(9-13)23-11;1-8-5-6-9-3-2-4-10(8)7-9/h1-2,6-7,10-13,23H,3-5,8-9H2,(H2,22,25,29);8-10H,2-7H2,1H3/t11-,12+,13?;8?,9-,10?/m.0/s1. The maximum Gasteiger partial charge on any atom is 0.355 e. The molecule has 3 unspecified atom stereocenters. The number of nitrogen functional groups attached to an aromatic ring is 1. The van der Waals surface area contributed by atoms with E-state index < -0.39 is 22.9 Å². The zero-order valence-electron chi connectivity index (χ0n) is 22.7. The van der Waals surface area contributed by atoms with Crippen LogP contribution >= 0.6 is 0 Å². The molecule has 208 valence electrons. The van der Waals surface area contributed by atoms with Gasteiger partial charge in [-0.05, 0) is 62.0 Å². The summed E-state index contributed by atoms with van der Waals surface area (Å²) in [5.41, 5.74) is 5.40. The van der Waals surface area contributed by atoms with Crippen LogP contribution in [0.1, 0.15) is 83.6 Å². The first kappa shape index (κ1) is 26.2. The highest BCUT2D eigenvalue weighted by atomic mass is 19.1. The lowest BCUT2D eigenvalue weighted by Gasteiger charge is -2.41. The van der Waals surface area contributed by atoms with Crippen molar-refractivity contribution in [1.29, 1.82) is 0 Å². The van der Waals surface area contributed by atoms with Crippen molar-refractivity contribution in [2.45, 2.75) is 95.7 Å². The van der Waals surface area contributed by atoms with Crippen LogP contribution in [0.25, 0.3) is 16.9 Å². The highest BCUT2D eigenvalue weighted by Gasteiger charge is 2.34. The van der Waals surface area contributed by atoms with Gasteiger partial charge in [0.05, 0.1) is 17.2 Å². The van der Waals surface area contributed by atoms with E-state index in [-0.39, 0.29) is 11.9 Å². The molecule has 4 fully saturated rings. The van der Waals surface area contributed by atoms with Crippen LogP contribution in [0, 0.1) is 23.6 Å². The number of fused-ring (bicyclic) bond motifs is 5. The fourth-order valence-corrected chi connectivity index (χ4v) is 7.55. The number of aromatic nitrogens is 4. The Morgan fingerprint density at radius 3 is 2.46 bits per heavy atom. The average Bonchev–Trinajstić information content (AvgIpc) is 2.93. The lowest BCUT2D eigenvalue weighted by atomic mass is 9.67. The summed E-state index contributed by atoms with van der Waals surface area (Å²) in [6, 6.07) is 8.03. The first-order chi connectivity index (χ1) is 18.9. The van der Waals surface area contributed by atoms with Gasteiger partial charge in [0, 0.05) is 18.1 Å². The molecular formula is C30H39FN6O2. The molecule has 9 heteroatoms. The largest absolute Gasteiger partial charge is 0.381 e. The fourth-order valence-electron chi connectivity index (χ4n) is 7.55. The van der Waals surface area contributed by atoms with Gasteiger partial charge in [0.25, 0.3) is 5.56 Å². The van der Waals surface area contributed by atoms with Gasteiger partial charge in [-0.25, -0.2) is 18.7 Å². The van der Waals surface area contributed by atoms with Crippen molar-refractivity contribution in [3.8, 4) is 5.82 Å². The summed E-state index contributed by atoms with van der Waals surface area (Å²) >= 11 is 0. The fraction of sp³-hybridized carbons (Fsp3) is 0.600. The van der Waals surface area contributed by atoms with Crippen LogP contribution in [-0.4, -0.2) is 31.2 Å². The van der Waals surface area contributed by atoms with Gasteiger partial charge in [0.1, 0.15) is 0 Å². The third-order valence-electron chi connectivity index (χ3n) is 9.63. The van der Waals surface area contributed by atoms with Crippen molar-refractivity contribution < 1.29 is 4.39 Å². The molecule has 3 N–H and O–H groups in total. The minimum absolute atomic E-state index is 0.0204. The second-order valence-corrected chi connectivity index (χ2v) is 12.2. The Morgan fingerprint density at radius 2 is 1.69 bits per heavy atom. The molecule has 8 nitrogen and oxygen atoms in total. The molecule has 4 aliphatic rings. The zero-order chi connectivity index (χ0) is 27.1. The number of nitrogens with one attached hydrogen (secondary N) is 1. The van der Waals surface area contributed by atoms with Gasteiger partial charge >= 0.3 is 5.69 Å². The van der Waals surface area contributed by atoms with Gasteiger partial charge in [0.2, 0.25) is 5.82 Å². The number of anilines is 1. The van der Waals surface area contributed by atoms with Crippen molar-refractivity contribution >= 4 is 16.9 Å². The van der Waals surface area contributed by atoms with E-state index in [1.807, 2.05) is 18.2 Å². The van der Waals surface area contributed by atoms with E-state index in [1.54, 1.807) is 23.5 Å². The third kappa shape index (κ3) is 5.25. The molecule has 6 atom stereocenters. The van der Waals surface area contributed by atoms with E-state index in [1.165, 1.54) is 32.1 Å². The van der Waals surface area contributed by atoms with E-state index in [2.05, 4.69) is 22.2 Å². The van der Waals surface area contributed by atoms with Gasteiger partial charge in [-0.2, -0.15) is 4.98 Å². The topological polar surface area (TPSA) is 108 Å². The predicted octanol–water partition coefficient (Wildman–Crippen LogP) is 4.73. The molecule has 2 aliphatic heterocycles. The number of piperidine rings is 2. The summed E-state index contributed by atoms with van der Waals surface area (Å²) in [6.45, 7) is 2.45. The molecule has 1 aromatic carbocycles. The summed E-state index contributed by atoms with van der Waals surface area (Å²) in [7, 11) is 0. The number of nitrogens with two attached hydrogens (primary N) is 1. The van der Waals surface area contributed by atoms with Crippen LogP contribution in [0.5, 0.6) is 0 Å². The monoisotopic (exact) mass is 534 g/mol. The highest BCUT2D eigenvalue weighted by molar-refractivity contribution is 5.75. The summed E-state index contributed by atoms with van der Waals surface area (Å²) in [5.74, 6) is 1.77. The first-order valence-electron chi connectivity index (χ1n) is 14.7. The minimum atomic E-state index is -0.873. The van der Waals surface area contributed by atoms with Crippen molar-refractivity contribution in [2.24, 2.45) is 17.8 Å². The molecule has 4 bridgehead atoms.